The van der Waals surface area contributed by atoms with Gasteiger partial charge in [0.15, 0.2) is 11.6 Å². The highest BCUT2D eigenvalue weighted by molar-refractivity contribution is 5.02. The molecule has 4 rings (SSSR count). The summed E-state index contributed by atoms with van der Waals surface area (Å²) in [6, 6.07) is 0. The first kappa shape index (κ1) is 14.8. The van der Waals surface area contributed by atoms with E-state index >= 15 is 0 Å². The number of rotatable bonds is 6. The van der Waals surface area contributed by atoms with E-state index in [2.05, 4.69) is 37.1 Å². The standard InChI is InChI=1S/C15H22N6O2/c1-2-3-12-16-14(19-18-12)11-8-21(6-7-22-11)9-13-17-15(23-20-13)10-4-5-10/h10-11H,2-9H2,1H3,(H,16,18,19). The van der Waals surface area contributed by atoms with Gasteiger partial charge in [-0.25, -0.2) is 4.98 Å². The molecule has 2 fully saturated rings. The van der Waals surface area contributed by atoms with Crippen LogP contribution >= 0.6 is 0 Å². The van der Waals surface area contributed by atoms with E-state index in [1.165, 1.54) is 12.8 Å². The molecule has 1 aliphatic heterocycles. The van der Waals surface area contributed by atoms with Crippen LogP contribution in [0, 0.1) is 0 Å². The molecule has 1 unspecified atom stereocenters. The number of nitrogens with one attached hydrogen (secondary N) is 1. The number of nitrogens with zero attached hydrogens (tertiary/aromatic N) is 5. The summed E-state index contributed by atoms with van der Waals surface area (Å²) < 4.78 is 11.1. The van der Waals surface area contributed by atoms with Gasteiger partial charge in [0, 0.05) is 25.4 Å². The molecule has 0 spiro atoms. The third kappa shape index (κ3) is 3.42. The van der Waals surface area contributed by atoms with E-state index in [4.69, 9.17) is 9.26 Å². The maximum Gasteiger partial charge on any atom is 0.229 e. The number of aromatic nitrogens is 5. The van der Waals surface area contributed by atoms with Gasteiger partial charge in [-0.2, -0.15) is 10.1 Å². The largest absolute Gasteiger partial charge is 0.367 e. The molecule has 124 valence electrons. The Morgan fingerprint density at radius 3 is 3.04 bits per heavy atom. The van der Waals surface area contributed by atoms with Gasteiger partial charge in [0.1, 0.15) is 11.9 Å². The quantitative estimate of drug-likeness (QED) is 0.864. The maximum atomic E-state index is 5.83. The number of hydrogen-bond donors (Lipinski definition) is 1. The summed E-state index contributed by atoms with van der Waals surface area (Å²) >= 11 is 0. The van der Waals surface area contributed by atoms with Crippen molar-refractivity contribution in [3.63, 3.8) is 0 Å². The molecular weight excluding hydrogens is 296 g/mol. The number of hydrogen-bond acceptors (Lipinski definition) is 7. The lowest BCUT2D eigenvalue weighted by molar-refractivity contribution is -0.0379. The van der Waals surface area contributed by atoms with Crippen molar-refractivity contribution in [2.45, 2.75) is 51.2 Å². The van der Waals surface area contributed by atoms with Crippen molar-refractivity contribution in [2.75, 3.05) is 19.7 Å². The fraction of sp³-hybridized carbons (Fsp3) is 0.733. The molecule has 2 aliphatic rings. The Balaban J connectivity index is 1.37. The zero-order valence-electron chi connectivity index (χ0n) is 13.4. The molecule has 0 aromatic carbocycles. The highest BCUT2D eigenvalue weighted by Gasteiger charge is 2.30. The first-order chi connectivity index (χ1) is 11.3. The molecule has 0 radical (unpaired) electrons. The molecular formula is C15H22N6O2. The predicted molar refractivity (Wildman–Crippen MR) is 80.6 cm³/mol. The molecule has 2 aromatic rings. The molecule has 8 nitrogen and oxygen atoms in total. The van der Waals surface area contributed by atoms with Crippen molar-refractivity contribution in [3.05, 3.63) is 23.4 Å². The van der Waals surface area contributed by atoms with Crippen LogP contribution in [-0.4, -0.2) is 49.9 Å². The Labute approximate surface area is 134 Å². The molecule has 1 N–H and O–H groups in total. The second kappa shape index (κ2) is 6.37. The van der Waals surface area contributed by atoms with Gasteiger partial charge in [-0.3, -0.25) is 10.00 Å². The van der Waals surface area contributed by atoms with Crippen LogP contribution in [0.3, 0.4) is 0 Å². The summed E-state index contributed by atoms with van der Waals surface area (Å²) in [6.07, 6.45) is 4.21. The molecule has 23 heavy (non-hydrogen) atoms. The minimum atomic E-state index is -0.0968. The summed E-state index contributed by atoms with van der Waals surface area (Å²) in [5, 5.41) is 11.4. The second-order valence-electron chi connectivity index (χ2n) is 6.31. The Morgan fingerprint density at radius 1 is 1.30 bits per heavy atom. The van der Waals surface area contributed by atoms with Crippen LogP contribution in [-0.2, 0) is 17.7 Å². The molecule has 1 saturated heterocycles. The summed E-state index contributed by atoms with van der Waals surface area (Å²) in [7, 11) is 0. The second-order valence-corrected chi connectivity index (χ2v) is 6.31. The van der Waals surface area contributed by atoms with Gasteiger partial charge in [0.05, 0.1) is 13.2 Å². The van der Waals surface area contributed by atoms with E-state index in [9.17, 15) is 0 Å². The van der Waals surface area contributed by atoms with Crippen LogP contribution in [0.4, 0.5) is 0 Å². The van der Waals surface area contributed by atoms with Crippen LogP contribution in [0.5, 0.6) is 0 Å². The van der Waals surface area contributed by atoms with Gasteiger partial charge in [-0.15, -0.1) is 0 Å². The highest BCUT2D eigenvalue weighted by Crippen LogP contribution is 2.38. The summed E-state index contributed by atoms with van der Waals surface area (Å²) in [6.45, 7) is 5.08. The molecule has 3 heterocycles. The van der Waals surface area contributed by atoms with E-state index in [0.29, 0.717) is 19.1 Å². The predicted octanol–water partition coefficient (Wildman–Crippen LogP) is 1.59. The lowest BCUT2D eigenvalue weighted by Crippen LogP contribution is -2.38. The molecule has 0 amide bonds. The van der Waals surface area contributed by atoms with Crippen LogP contribution in [0.2, 0.25) is 0 Å². The monoisotopic (exact) mass is 318 g/mol. The summed E-state index contributed by atoms with van der Waals surface area (Å²) in [5.74, 6) is 3.72. The van der Waals surface area contributed by atoms with E-state index in [1.54, 1.807) is 0 Å². The van der Waals surface area contributed by atoms with Gasteiger partial charge in [-0.05, 0) is 19.3 Å². The average Bonchev–Trinajstić information content (AvgIpc) is 3.13. The molecule has 1 aliphatic carbocycles. The zero-order valence-corrected chi connectivity index (χ0v) is 13.4. The molecule has 0 bridgehead atoms. The lowest BCUT2D eigenvalue weighted by atomic mass is 10.2. The van der Waals surface area contributed by atoms with Gasteiger partial charge in [0.2, 0.25) is 5.89 Å². The van der Waals surface area contributed by atoms with Crippen molar-refractivity contribution < 1.29 is 9.26 Å². The van der Waals surface area contributed by atoms with Crippen molar-refractivity contribution >= 4 is 0 Å². The summed E-state index contributed by atoms with van der Waals surface area (Å²) in [5.41, 5.74) is 0. The van der Waals surface area contributed by atoms with Crippen LogP contribution in [0.1, 0.15) is 61.6 Å². The van der Waals surface area contributed by atoms with Gasteiger partial charge in [0.25, 0.3) is 0 Å². The molecule has 1 atom stereocenters. The number of H-pyrrole nitrogens is 1. The fourth-order valence-corrected chi connectivity index (χ4v) is 2.83. The van der Waals surface area contributed by atoms with Crippen LogP contribution in [0.25, 0.3) is 0 Å². The smallest absolute Gasteiger partial charge is 0.229 e. The number of aromatic amines is 1. The number of ether oxygens (including phenoxy) is 1. The Kier molecular flexibility index (Phi) is 4.09. The van der Waals surface area contributed by atoms with Crippen molar-refractivity contribution in [2.24, 2.45) is 0 Å². The Morgan fingerprint density at radius 2 is 2.22 bits per heavy atom. The molecule has 8 heteroatoms. The van der Waals surface area contributed by atoms with E-state index < -0.39 is 0 Å². The Hall–Kier alpha value is -1.80. The Bertz CT molecular complexity index is 650. The number of aryl methyl sites for hydroxylation is 1. The normalized spacial score (nSPS) is 22.6. The van der Waals surface area contributed by atoms with E-state index in [-0.39, 0.29) is 6.10 Å². The highest BCUT2D eigenvalue weighted by atomic mass is 16.5. The number of morpholine rings is 1. The fourth-order valence-electron chi connectivity index (χ4n) is 2.83. The first-order valence-electron chi connectivity index (χ1n) is 8.39. The van der Waals surface area contributed by atoms with Crippen LogP contribution in [0.15, 0.2) is 4.52 Å². The third-order valence-electron chi connectivity index (χ3n) is 4.25. The van der Waals surface area contributed by atoms with E-state index in [1.807, 2.05) is 0 Å². The SMILES string of the molecule is CCCc1nc(C2CN(Cc3noc(C4CC4)n3)CCO2)n[nH]1. The zero-order chi connectivity index (χ0) is 15.6. The molecule has 2 aromatic heterocycles. The van der Waals surface area contributed by atoms with Gasteiger partial charge in [-0.1, -0.05) is 12.1 Å². The average molecular weight is 318 g/mol. The lowest BCUT2D eigenvalue weighted by Gasteiger charge is -2.30. The third-order valence-corrected chi connectivity index (χ3v) is 4.25. The summed E-state index contributed by atoms with van der Waals surface area (Å²) in [4.78, 5) is 11.3. The van der Waals surface area contributed by atoms with Crippen molar-refractivity contribution in [3.8, 4) is 0 Å². The molecule has 1 saturated carbocycles. The van der Waals surface area contributed by atoms with Crippen LogP contribution < -0.4 is 0 Å². The maximum absolute atomic E-state index is 5.83. The van der Waals surface area contributed by atoms with Crippen molar-refractivity contribution in [1.29, 1.82) is 0 Å². The first-order valence-corrected chi connectivity index (χ1v) is 8.39. The van der Waals surface area contributed by atoms with Gasteiger partial charge < -0.3 is 9.26 Å². The minimum Gasteiger partial charge on any atom is -0.367 e. The van der Waals surface area contributed by atoms with E-state index in [0.717, 1.165) is 49.3 Å². The van der Waals surface area contributed by atoms with Gasteiger partial charge >= 0.3 is 0 Å². The topological polar surface area (TPSA) is 93.0 Å². The van der Waals surface area contributed by atoms with Crippen molar-refractivity contribution in [1.82, 2.24) is 30.2 Å². The minimum absolute atomic E-state index is 0.0968.